The first-order valence-electron chi connectivity index (χ1n) is 7.18. The Hall–Kier alpha value is -1.72. The Kier molecular flexibility index (Phi) is 9.60. The Bertz CT molecular complexity index is 513. The van der Waals surface area contributed by atoms with Gasteiger partial charge in [0.15, 0.2) is 18.3 Å². The minimum atomic E-state index is -1.21. The number of hydrogen-bond donors (Lipinski definition) is 1. The monoisotopic (exact) mass is 427 g/mol. The molecule has 1 heterocycles. The maximum absolute atomic E-state index is 11.4. The van der Waals surface area contributed by atoms with Gasteiger partial charge in [0, 0.05) is 27.7 Å². The van der Waals surface area contributed by atoms with E-state index in [1.807, 2.05) is 0 Å². The molecule has 2 N–H and O–H groups in total. The van der Waals surface area contributed by atoms with Crippen LogP contribution < -0.4 is 5.73 Å². The molecule has 1 saturated heterocycles. The zero-order chi connectivity index (χ0) is 18.4. The molecule has 1 rings (SSSR count). The van der Waals surface area contributed by atoms with Gasteiger partial charge < -0.3 is 29.4 Å². The van der Waals surface area contributed by atoms with E-state index in [-0.39, 0.29) is 23.6 Å². The molecule has 3 unspecified atom stereocenters. The van der Waals surface area contributed by atoms with E-state index in [1.165, 1.54) is 6.92 Å². The lowest BCUT2D eigenvalue weighted by Crippen LogP contribution is -2.64. The van der Waals surface area contributed by atoms with E-state index in [4.69, 9.17) is 29.4 Å². The standard InChI is InChI=1S/C14H21NO9.BrH/c1-6(16)20-5-10-11(21-7(2)17)12(22-8(3)18)13(14(15)24-10)23-9(4)19;/h10-14H,5,15H2,1-4H3;1H/t10?,11-,12?,13?,14-;/m1./s1. The molecule has 0 saturated carbocycles. The van der Waals surface area contributed by atoms with E-state index in [0.29, 0.717) is 0 Å². The van der Waals surface area contributed by atoms with Crippen LogP contribution in [0.25, 0.3) is 0 Å². The fourth-order valence-corrected chi connectivity index (χ4v) is 2.26. The van der Waals surface area contributed by atoms with Crippen LogP contribution in [0.2, 0.25) is 0 Å². The van der Waals surface area contributed by atoms with Crippen LogP contribution in [0.3, 0.4) is 0 Å². The summed E-state index contributed by atoms with van der Waals surface area (Å²) in [7, 11) is 0. The number of hydrogen-bond acceptors (Lipinski definition) is 10. The van der Waals surface area contributed by atoms with Gasteiger partial charge in [0.2, 0.25) is 0 Å². The van der Waals surface area contributed by atoms with E-state index in [1.54, 1.807) is 0 Å². The lowest BCUT2D eigenvalue weighted by molar-refractivity contribution is -0.251. The number of rotatable bonds is 5. The predicted molar refractivity (Wildman–Crippen MR) is 86.5 cm³/mol. The Morgan fingerprint density at radius 2 is 1.24 bits per heavy atom. The van der Waals surface area contributed by atoms with Gasteiger partial charge in [0.1, 0.15) is 18.9 Å². The minimum Gasteiger partial charge on any atom is -0.463 e. The topological polar surface area (TPSA) is 140 Å². The van der Waals surface area contributed by atoms with Crippen molar-refractivity contribution in [3.63, 3.8) is 0 Å². The maximum Gasteiger partial charge on any atom is 0.303 e. The molecule has 0 aliphatic carbocycles. The third-order valence-corrected chi connectivity index (χ3v) is 3.03. The molecule has 1 fully saturated rings. The predicted octanol–water partition coefficient (Wildman–Crippen LogP) is -0.394. The van der Waals surface area contributed by atoms with E-state index < -0.39 is 54.5 Å². The highest BCUT2D eigenvalue weighted by molar-refractivity contribution is 8.93. The molecular formula is C14H22BrNO9. The maximum atomic E-state index is 11.4. The van der Waals surface area contributed by atoms with Crippen molar-refractivity contribution in [1.29, 1.82) is 0 Å². The molecule has 144 valence electrons. The molecule has 0 spiro atoms. The Balaban J connectivity index is 0.00000576. The van der Waals surface area contributed by atoms with Crippen molar-refractivity contribution in [2.24, 2.45) is 5.73 Å². The molecule has 0 radical (unpaired) electrons. The highest BCUT2D eigenvalue weighted by Crippen LogP contribution is 2.27. The number of carbonyl (C=O) groups is 4. The van der Waals surface area contributed by atoms with Crippen LogP contribution >= 0.6 is 17.0 Å². The quantitative estimate of drug-likeness (QED) is 0.455. The first kappa shape index (κ1) is 23.3. The zero-order valence-corrected chi connectivity index (χ0v) is 16.0. The summed E-state index contributed by atoms with van der Waals surface area (Å²) < 4.78 is 25.6. The molecule has 0 bridgehead atoms. The fraction of sp³-hybridized carbons (Fsp3) is 0.714. The van der Waals surface area contributed by atoms with Crippen LogP contribution in [-0.4, -0.2) is 61.1 Å². The molecule has 0 aromatic carbocycles. The van der Waals surface area contributed by atoms with Crippen LogP contribution in [0.1, 0.15) is 27.7 Å². The second-order valence-electron chi connectivity index (χ2n) is 5.16. The van der Waals surface area contributed by atoms with Gasteiger partial charge in [-0.05, 0) is 0 Å². The number of esters is 4. The normalized spacial score (nSPS) is 28.1. The summed E-state index contributed by atoms with van der Waals surface area (Å²) >= 11 is 0. The average Bonchev–Trinajstić information content (AvgIpc) is 2.42. The van der Waals surface area contributed by atoms with Gasteiger partial charge in [-0.15, -0.1) is 17.0 Å². The lowest BCUT2D eigenvalue weighted by atomic mass is 9.97. The smallest absolute Gasteiger partial charge is 0.303 e. The van der Waals surface area contributed by atoms with Crippen LogP contribution in [0.15, 0.2) is 0 Å². The van der Waals surface area contributed by atoms with Gasteiger partial charge in [-0.1, -0.05) is 0 Å². The van der Waals surface area contributed by atoms with Crippen LogP contribution in [0.4, 0.5) is 0 Å². The van der Waals surface area contributed by atoms with Crippen molar-refractivity contribution in [1.82, 2.24) is 0 Å². The third kappa shape index (κ3) is 7.36. The lowest BCUT2D eigenvalue weighted by Gasteiger charge is -2.43. The van der Waals surface area contributed by atoms with E-state index >= 15 is 0 Å². The van der Waals surface area contributed by atoms with Gasteiger partial charge in [0.05, 0.1) is 0 Å². The summed E-state index contributed by atoms with van der Waals surface area (Å²) in [5, 5.41) is 0. The van der Waals surface area contributed by atoms with E-state index in [2.05, 4.69) is 0 Å². The fourth-order valence-electron chi connectivity index (χ4n) is 2.26. The van der Waals surface area contributed by atoms with Crippen molar-refractivity contribution in [3.05, 3.63) is 0 Å². The van der Waals surface area contributed by atoms with Gasteiger partial charge in [-0.2, -0.15) is 0 Å². The van der Waals surface area contributed by atoms with Gasteiger partial charge in [-0.3, -0.25) is 19.2 Å². The second kappa shape index (κ2) is 10.3. The minimum absolute atomic E-state index is 0. The average molecular weight is 428 g/mol. The molecule has 0 amide bonds. The molecule has 0 aromatic rings. The largest absolute Gasteiger partial charge is 0.463 e. The summed E-state index contributed by atoms with van der Waals surface area (Å²) in [5.41, 5.74) is 5.81. The van der Waals surface area contributed by atoms with Gasteiger partial charge in [-0.25, -0.2) is 0 Å². The summed E-state index contributed by atoms with van der Waals surface area (Å²) in [5.74, 6) is -2.66. The summed E-state index contributed by atoms with van der Waals surface area (Å²) in [6.07, 6.45) is -5.74. The summed E-state index contributed by atoms with van der Waals surface area (Å²) in [4.78, 5) is 45.0. The molecule has 25 heavy (non-hydrogen) atoms. The zero-order valence-electron chi connectivity index (χ0n) is 14.3. The third-order valence-electron chi connectivity index (χ3n) is 3.03. The van der Waals surface area contributed by atoms with Crippen LogP contribution in [0.5, 0.6) is 0 Å². The molecule has 11 heteroatoms. The summed E-state index contributed by atoms with van der Waals surface area (Å²) in [6, 6.07) is 0. The van der Waals surface area contributed by atoms with Gasteiger partial charge >= 0.3 is 23.9 Å². The first-order valence-corrected chi connectivity index (χ1v) is 7.18. The van der Waals surface area contributed by atoms with Crippen molar-refractivity contribution < 1.29 is 42.9 Å². The molecule has 0 aromatic heterocycles. The SMILES string of the molecule is Br.CC(=O)OCC1O[C@@H](N)C(OC(C)=O)C(OC(C)=O)[C@@H]1OC(C)=O. The number of halogens is 1. The molecule has 10 nitrogen and oxygen atoms in total. The van der Waals surface area contributed by atoms with Crippen molar-refractivity contribution in [2.75, 3.05) is 6.61 Å². The van der Waals surface area contributed by atoms with E-state index in [9.17, 15) is 19.2 Å². The molecule has 5 atom stereocenters. The highest BCUT2D eigenvalue weighted by Gasteiger charge is 2.51. The Morgan fingerprint density at radius 3 is 1.68 bits per heavy atom. The Morgan fingerprint density at radius 1 is 0.800 bits per heavy atom. The number of ether oxygens (including phenoxy) is 5. The molecule has 1 aliphatic heterocycles. The number of nitrogens with two attached hydrogens (primary N) is 1. The second-order valence-corrected chi connectivity index (χ2v) is 5.16. The van der Waals surface area contributed by atoms with Crippen molar-refractivity contribution in [2.45, 2.75) is 58.3 Å². The number of carbonyl (C=O) groups excluding carboxylic acids is 4. The van der Waals surface area contributed by atoms with Gasteiger partial charge in [0.25, 0.3) is 0 Å². The van der Waals surface area contributed by atoms with Crippen LogP contribution in [0, 0.1) is 0 Å². The molecular weight excluding hydrogens is 406 g/mol. The molecule has 1 aliphatic rings. The van der Waals surface area contributed by atoms with E-state index in [0.717, 1.165) is 20.8 Å². The Labute approximate surface area is 155 Å². The van der Waals surface area contributed by atoms with Crippen LogP contribution in [-0.2, 0) is 42.9 Å². The highest BCUT2D eigenvalue weighted by atomic mass is 79.9. The first-order chi connectivity index (χ1) is 11.1. The van der Waals surface area contributed by atoms with Crippen molar-refractivity contribution >= 4 is 40.9 Å². The van der Waals surface area contributed by atoms with Crippen molar-refractivity contribution in [3.8, 4) is 0 Å². The summed E-state index contributed by atoms with van der Waals surface area (Å²) in [6.45, 7) is 4.32.